The van der Waals surface area contributed by atoms with Gasteiger partial charge in [-0.2, -0.15) is 0 Å². The molecule has 1 aromatic heterocycles. The highest BCUT2D eigenvalue weighted by Crippen LogP contribution is 2.23. The van der Waals surface area contributed by atoms with E-state index in [0.29, 0.717) is 19.0 Å². The molecule has 0 aliphatic carbocycles. The summed E-state index contributed by atoms with van der Waals surface area (Å²) < 4.78 is 11.2. The molecular weight excluding hydrogens is 431 g/mol. The average Bonchev–Trinajstić information content (AvgIpc) is 2.63. The van der Waals surface area contributed by atoms with E-state index in [0.717, 1.165) is 42.5 Å². The van der Waals surface area contributed by atoms with Crippen molar-refractivity contribution in [3.8, 4) is 17.4 Å². The molecule has 0 unspecified atom stereocenters. The van der Waals surface area contributed by atoms with Gasteiger partial charge in [0.1, 0.15) is 11.5 Å². The summed E-state index contributed by atoms with van der Waals surface area (Å²) in [6.07, 6.45) is 2.83. The molecule has 0 spiro atoms. The third-order valence-corrected chi connectivity index (χ3v) is 3.51. The smallest absolute Gasteiger partial charge is 0.219 e. The maximum Gasteiger partial charge on any atom is 0.219 e. The van der Waals surface area contributed by atoms with Gasteiger partial charge < -0.3 is 20.1 Å². The lowest BCUT2D eigenvalue weighted by molar-refractivity contribution is 0.339. The van der Waals surface area contributed by atoms with Gasteiger partial charge in [0.15, 0.2) is 5.96 Å². The summed E-state index contributed by atoms with van der Waals surface area (Å²) in [6, 6.07) is 11.4. The summed E-state index contributed by atoms with van der Waals surface area (Å²) >= 11 is 0. The van der Waals surface area contributed by atoms with Crippen LogP contribution in [-0.2, 0) is 6.54 Å². The second-order valence-corrected chi connectivity index (χ2v) is 5.37. The zero-order chi connectivity index (χ0) is 16.6. The Labute approximate surface area is 165 Å². The van der Waals surface area contributed by atoms with Crippen LogP contribution in [-0.4, -0.2) is 30.6 Å². The van der Waals surface area contributed by atoms with Crippen molar-refractivity contribution in [2.75, 3.05) is 19.7 Å². The van der Waals surface area contributed by atoms with Crippen LogP contribution < -0.4 is 20.1 Å². The number of nitrogens with one attached hydrogen (secondary N) is 2. The molecule has 0 bridgehead atoms. The van der Waals surface area contributed by atoms with Crippen molar-refractivity contribution >= 4 is 29.9 Å². The monoisotopic (exact) mass is 454 g/mol. The summed E-state index contributed by atoms with van der Waals surface area (Å²) in [6.45, 7) is 5.12. The molecule has 2 N–H and O–H groups in total. The van der Waals surface area contributed by atoms with E-state index >= 15 is 0 Å². The Morgan fingerprint density at radius 1 is 1.16 bits per heavy atom. The first kappa shape index (κ1) is 19.3. The number of aliphatic imine (C=N–C) groups is 1. The minimum atomic E-state index is 0. The van der Waals surface area contributed by atoms with Gasteiger partial charge in [-0.05, 0) is 49.2 Å². The highest BCUT2D eigenvalue weighted by Gasteiger charge is 2.05. The van der Waals surface area contributed by atoms with Gasteiger partial charge in [0, 0.05) is 31.9 Å². The number of hydrogen-bond acceptors (Lipinski definition) is 6. The number of ether oxygens (including phenoxy) is 2. The lowest BCUT2D eigenvalue weighted by Crippen LogP contribution is -2.40. The third-order valence-electron chi connectivity index (χ3n) is 3.51. The molecule has 6 nitrogen and oxygen atoms in total. The van der Waals surface area contributed by atoms with Crippen LogP contribution in [0, 0.1) is 0 Å². The van der Waals surface area contributed by atoms with Gasteiger partial charge in [-0.25, -0.2) is 4.98 Å². The number of guanidine groups is 1. The van der Waals surface area contributed by atoms with Crippen LogP contribution in [0.1, 0.15) is 18.9 Å². The van der Waals surface area contributed by atoms with Gasteiger partial charge in [0.25, 0.3) is 0 Å². The zero-order valence-electron chi connectivity index (χ0n) is 14.2. The van der Waals surface area contributed by atoms with Gasteiger partial charge in [-0.3, -0.25) is 4.99 Å². The first-order valence-corrected chi connectivity index (χ1v) is 8.21. The molecule has 0 atom stereocenters. The largest absolute Gasteiger partial charge is 0.494 e. The molecule has 0 saturated carbocycles. The summed E-state index contributed by atoms with van der Waals surface area (Å²) in [5, 5.41) is 6.53. The van der Waals surface area contributed by atoms with E-state index in [4.69, 9.17) is 9.47 Å². The predicted octanol–water partition coefficient (Wildman–Crippen LogP) is 3.33. The lowest BCUT2D eigenvalue weighted by Gasteiger charge is -2.16. The van der Waals surface area contributed by atoms with Gasteiger partial charge in [0.2, 0.25) is 5.88 Å². The second-order valence-electron chi connectivity index (χ2n) is 5.37. The Bertz CT molecular complexity index is 692. The summed E-state index contributed by atoms with van der Waals surface area (Å²) in [5.74, 6) is 2.98. The number of pyridine rings is 1. The Kier molecular flexibility index (Phi) is 7.77. The van der Waals surface area contributed by atoms with Crippen LogP contribution in [0.15, 0.2) is 47.6 Å². The fraction of sp³-hybridized carbons (Fsp3) is 0.333. The van der Waals surface area contributed by atoms with Crippen LogP contribution >= 0.6 is 24.0 Å². The molecule has 1 aromatic carbocycles. The Morgan fingerprint density at radius 2 is 1.96 bits per heavy atom. The highest BCUT2D eigenvalue weighted by atomic mass is 127. The topological polar surface area (TPSA) is 67.8 Å². The summed E-state index contributed by atoms with van der Waals surface area (Å²) in [4.78, 5) is 8.65. The van der Waals surface area contributed by atoms with E-state index in [1.165, 1.54) is 0 Å². The summed E-state index contributed by atoms with van der Waals surface area (Å²) in [5.41, 5.74) is 1.08. The molecule has 0 amide bonds. The van der Waals surface area contributed by atoms with E-state index in [9.17, 15) is 0 Å². The van der Waals surface area contributed by atoms with Crippen molar-refractivity contribution in [3.63, 3.8) is 0 Å². The molecule has 2 heterocycles. The molecule has 0 fully saturated rings. The molecule has 1 aliphatic rings. The van der Waals surface area contributed by atoms with E-state index in [1.807, 2.05) is 43.3 Å². The highest BCUT2D eigenvalue weighted by molar-refractivity contribution is 14.0. The third kappa shape index (κ3) is 6.08. The van der Waals surface area contributed by atoms with Crippen molar-refractivity contribution in [1.82, 2.24) is 15.6 Å². The first-order valence-electron chi connectivity index (χ1n) is 8.21. The quantitative estimate of drug-likeness (QED) is 0.656. The van der Waals surface area contributed by atoms with Crippen LogP contribution in [0.5, 0.6) is 17.4 Å². The SMILES string of the molecule is CCOc1ccc(Oc2cc(CNC3=NCCCN3)ccn2)cc1.I. The van der Waals surface area contributed by atoms with Crippen molar-refractivity contribution in [1.29, 1.82) is 0 Å². The van der Waals surface area contributed by atoms with Crippen LogP contribution in [0.3, 0.4) is 0 Å². The van der Waals surface area contributed by atoms with Crippen molar-refractivity contribution in [2.24, 2.45) is 4.99 Å². The molecule has 2 aromatic rings. The maximum absolute atomic E-state index is 5.80. The minimum Gasteiger partial charge on any atom is -0.494 e. The van der Waals surface area contributed by atoms with Gasteiger partial charge in [-0.1, -0.05) is 0 Å². The van der Waals surface area contributed by atoms with Gasteiger partial charge in [-0.15, -0.1) is 24.0 Å². The predicted molar refractivity (Wildman–Crippen MR) is 109 cm³/mol. The van der Waals surface area contributed by atoms with Crippen molar-refractivity contribution in [3.05, 3.63) is 48.2 Å². The Hall–Kier alpha value is -2.03. The van der Waals surface area contributed by atoms with E-state index in [2.05, 4.69) is 20.6 Å². The van der Waals surface area contributed by atoms with Crippen LogP contribution in [0.2, 0.25) is 0 Å². The summed E-state index contributed by atoms with van der Waals surface area (Å²) in [7, 11) is 0. The molecule has 1 aliphatic heterocycles. The van der Waals surface area contributed by atoms with E-state index < -0.39 is 0 Å². The van der Waals surface area contributed by atoms with Gasteiger partial charge >= 0.3 is 0 Å². The first-order chi connectivity index (χ1) is 11.8. The fourth-order valence-electron chi connectivity index (χ4n) is 2.34. The zero-order valence-corrected chi connectivity index (χ0v) is 16.5. The second kappa shape index (κ2) is 10.1. The number of aromatic nitrogens is 1. The van der Waals surface area contributed by atoms with Crippen molar-refractivity contribution in [2.45, 2.75) is 19.9 Å². The van der Waals surface area contributed by atoms with E-state index in [-0.39, 0.29) is 24.0 Å². The maximum atomic E-state index is 5.80. The number of hydrogen-bond donors (Lipinski definition) is 2. The molecular formula is C18H23IN4O2. The van der Waals surface area contributed by atoms with Gasteiger partial charge in [0.05, 0.1) is 6.61 Å². The van der Waals surface area contributed by atoms with Crippen molar-refractivity contribution < 1.29 is 9.47 Å². The normalized spacial score (nSPS) is 13.1. The number of benzene rings is 1. The fourth-order valence-corrected chi connectivity index (χ4v) is 2.34. The lowest BCUT2D eigenvalue weighted by atomic mass is 10.2. The molecule has 0 radical (unpaired) electrons. The van der Waals surface area contributed by atoms with E-state index in [1.54, 1.807) is 6.20 Å². The molecule has 0 saturated heterocycles. The van der Waals surface area contributed by atoms with Crippen LogP contribution in [0.25, 0.3) is 0 Å². The standard InChI is InChI=1S/C18H22N4O2.HI/c1-2-23-15-4-6-16(7-5-15)24-17-12-14(8-11-19-17)13-22-18-20-9-3-10-21-18;/h4-8,11-12H,2-3,9-10,13H2,1H3,(H2,20,21,22);1H. The molecule has 3 rings (SSSR count). The number of rotatable bonds is 6. The molecule has 25 heavy (non-hydrogen) atoms. The Balaban J connectivity index is 0.00000225. The number of halogens is 1. The molecule has 7 heteroatoms. The Morgan fingerprint density at radius 3 is 2.68 bits per heavy atom. The minimum absolute atomic E-state index is 0. The average molecular weight is 454 g/mol. The van der Waals surface area contributed by atoms with Crippen LogP contribution in [0.4, 0.5) is 0 Å². The molecule has 134 valence electrons. The number of nitrogens with zero attached hydrogens (tertiary/aromatic N) is 2.